The van der Waals surface area contributed by atoms with Crippen LogP contribution in [0.25, 0.3) is 11.0 Å². The highest BCUT2D eigenvalue weighted by atomic mass is 35.5. The number of para-hydroxylation sites is 1. The lowest BCUT2D eigenvalue weighted by Crippen LogP contribution is -2.41. The maximum Gasteiger partial charge on any atom is 0.135 e. The van der Waals surface area contributed by atoms with E-state index in [4.69, 9.17) is 16.6 Å². The molecule has 0 saturated carbocycles. The molecule has 6 heteroatoms. The largest absolute Gasteiger partial charge is 0.361 e. The summed E-state index contributed by atoms with van der Waals surface area (Å²) in [6.07, 6.45) is 3.43. The molecule has 0 bridgehead atoms. The van der Waals surface area contributed by atoms with Gasteiger partial charge in [0.05, 0.1) is 17.6 Å². The number of hydrogen-bond acceptors (Lipinski definition) is 5. The second-order valence-corrected chi connectivity index (χ2v) is 6.34. The Morgan fingerprint density at radius 3 is 3.00 bits per heavy atom. The third-order valence-corrected chi connectivity index (χ3v) is 4.76. The highest BCUT2D eigenvalue weighted by Gasteiger charge is 2.34. The fourth-order valence-corrected chi connectivity index (χ4v) is 3.66. The normalized spacial score (nSPS) is 18.8. The monoisotopic (exact) mass is 335 g/mol. The van der Waals surface area contributed by atoms with Crippen molar-refractivity contribution in [1.29, 1.82) is 0 Å². The molecule has 5 nitrogen and oxygen atoms in total. The summed E-state index contributed by atoms with van der Waals surface area (Å²) in [7, 11) is 0. The molecule has 2 aromatic carbocycles. The Balaban J connectivity index is 1.70. The van der Waals surface area contributed by atoms with Gasteiger partial charge in [-0.1, -0.05) is 23.7 Å². The Labute approximate surface area is 144 Å². The minimum absolute atomic E-state index is 0.0300. The SMILES string of the molecule is Clc1ccc2c(c1)N[C@@H](c1cccc3nccnc13)N1CCN=C21. The van der Waals surface area contributed by atoms with Gasteiger partial charge in [0.25, 0.3) is 0 Å². The Morgan fingerprint density at radius 2 is 2.04 bits per heavy atom. The molecule has 24 heavy (non-hydrogen) atoms. The molecule has 0 saturated heterocycles. The Morgan fingerprint density at radius 1 is 1.12 bits per heavy atom. The van der Waals surface area contributed by atoms with Crippen molar-refractivity contribution in [2.45, 2.75) is 6.17 Å². The lowest BCUT2D eigenvalue weighted by atomic mass is 10.0. The van der Waals surface area contributed by atoms with Crippen molar-refractivity contribution < 1.29 is 0 Å². The first kappa shape index (κ1) is 13.7. The van der Waals surface area contributed by atoms with Gasteiger partial charge in [0, 0.05) is 40.8 Å². The molecule has 0 radical (unpaired) electrons. The third-order valence-electron chi connectivity index (χ3n) is 4.53. The van der Waals surface area contributed by atoms with Crippen LogP contribution in [-0.2, 0) is 0 Å². The van der Waals surface area contributed by atoms with Gasteiger partial charge in [-0.15, -0.1) is 0 Å². The lowest BCUT2D eigenvalue weighted by Gasteiger charge is -2.38. The van der Waals surface area contributed by atoms with Gasteiger partial charge in [-0.05, 0) is 24.3 Å². The van der Waals surface area contributed by atoms with E-state index in [0.29, 0.717) is 5.02 Å². The Bertz CT molecular complexity index is 979. The molecular weight excluding hydrogens is 322 g/mol. The van der Waals surface area contributed by atoms with Crippen LogP contribution in [-0.4, -0.2) is 33.8 Å². The topological polar surface area (TPSA) is 53.4 Å². The second kappa shape index (κ2) is 5.18. The second-order valence-electron chi connectivity index (χ2n) is 5.91. The number of aliphatic imine (C=N–C) groups is 1. The molecule has 3 heterocycles. The van der Waals surface area contributed by atoms with Crippen molar-refractivity contribution in [2.75, 3.05) is 18.4 Å². The van der Waals surface area contributed by atoms with Gasteiger partial charge in [-0.2, -0.15) is 0 Å². The fourth-order valence-electron chi connectivity index (χ4n) is 3.49. The maximum atomic E-state index is 6.19. The maximum absolute atomic E-state index is 6.19. The van der Waals surface area contributed by atoms with Crippen molar-refractivity contribution in [2.24, 2.45) is 4.99 Å². The summed E-state index contributed by atoms with van der Waals surface area (Å²) in [5, 5.41) is 4.32. The van der Waals surface area contributed by atoms with Crippen LogP contribution >= 0.6 is 11.6 Å². The predicted molar refractivity (Wildman–Crippen MR) is 95.5 cm³/mol. The van der Waals surface area contributed by atoms with Crippen molar-refractivity contribution >= 4 is 34.2 Å². The molecule has 3 aromatic rings. The zero-order valence-corrected chi connectivity index (χ0v) is 13.5. The number of halogens is 1. The van der Waals surface area contributed by atoms with Crippen molar-refractivity contribution in [3.63, 3.8) is 0 Å². The molecular formula is C18H14ClN5. The third kappa shape index (κ3) is 1.98. The molecule has 0 spiro atoms. The molecule has 5 rings (SSSR count). The predicted octanol–water partition coefficient (Wildman–Crippen LogP) is 3.47. The number of fused-ring (bicyclic) bond motifs is 4. The number of nitrogens with one attached hydrogen (secondary N) is 1. The minimum Gasteiger partial charge on any atom is -0.361 e. The highest BCUT2D eigenvalue weighted by Crippen LogP contribution is 2.37. The van der Waals surface area contributed by atoms with Gasteiger partial charge in [0.15, 0.2) is 0 Å². The van der Waals surface area contributed by atoms with Crippen LogP contribution in [0.1, 0.15) is 17.3 Å². The van der Waals surface area contributed by atoms with Crippen LogP contribution in [0.3, 0.4) is 0 Å². The molecule has 0 unspecified atom stereocenters. The van der Waals surface area contributed by atoms with Gasteiger partial charge in [0.2, 0.25) is 0 Å². The van der Waals surface area contributed by atoms with Gasteiger partial charge in [0.1, 0.15) is 12.0 Å². The zero-order chi connectivity index (χ0) is 16.1. The van der Waals surface area contributed by atoms with Gasteiger partial charge in [-0.3, -0.25) is 15.0 Å². The van der Waals surface area contributed by atoms with Crippen LogP contribution in [0.4, 0.5) is 5.69 Å². The van der Waals surface area contributed by atoms with E-state index in [2.05, 4.69) is 26.3 Å². The summed E-state index contributed by atoms with van der Waals surface area (Å²) >= 11 is 6.19. The average Bonchev–Trinajstić information content (AvgIpc) is 3.10. The summed E-state index contributed by atoms with van der Waals surface area (Å²) in [5.74, 6) is 1.02. The number of benzene rings is 2. The zero-order valence-electron chi connectivity index (χ0n) is 12.8. The number of nitrogens with zero attached hydrogens (tertiary/aromatic N) is 4. The summed E-state index contributed by atoms with van der Waals surface area (Å²) in [6, 6.07) is 12.0. The summed E-state index contributed by atoms with van der Waals surface area (Å²) in [6.45, 7) is 1.68. The fraction of sp³-hybridized carbons (Fsp3) is 0.167. The summed E-state index contributed by atoms with van der Waals surface area (Å²) < 4.78 is 0. The standard InChI is InChI=1S/C18H14ClN5/c19-11-4-5-12-15(10-11)23-18(24-9-8-22-17(12)24)13-2-1-3-14-16(13)21-7-6-20-14/h1-7,10,18,23H,8-9H2/t18-/m1/s1. The molecule has 118 valence electrons. The van der Waals surface area contributed by atoms with Gasteiger partial charge < -0.3 is 10.2 Å². The van der Waals surface area contributed by atoms with Gasteiger partial charge >= 0.3 is 0 Å². The van der Waals surface area contributed by atoms with Crippen LogP contribution < -0.4 is 5.32 Å². The highest BCUT2D eigenvalue weighted by molar-refractivity contribution is 6.31. The molecule has 1 atom stereocenters. The number of rotatable bonds is 1. The smallest absolute Gasteiger partial charge is 0.135 e. The van der Waals surface area contributed by atoms with Crippen LogP contribution in [0.2, 0.25) is 5.02 Å². The van der Waals surface area contributed by atoms with E-state index in [1.807, 2.05) is 30.3 Å². The van der Waals surface area contributed by atoms with E-state index in [9.17, 15) is 0 Å². The minimum atomic E-state index is -0.0300. The molecule has 2 aliphatic heterocycles. The summed E-state index contributed by atoms with van der Waals surface area (Å²) in [4.78, 5) is 16.0. The van der Waals surface area contributed by atoms with E-state index in [0.717, 1.165) is 46.8 Å². The quantitative estimate of drug-likeness (QED) is 0.740. The van der Waals surface area contributed by atoms with Crippen molar-refractivity contribution in [1.82, 2.24) is 14.9 Å². The molecule has 1 aromatic heterocycles. The van der Waals surface area contributed by atoms with E-state index >= 15 is 0 Å². The molecule has 2 aliphatic rings. The molecule has 0 amide bonds. The number of aromatic nitrogens is 2. The van der Waals surface area contributed by atoms with E-state index < -0.39 is 0 Å². The van der Waals surface area contributed by atoms with E-state index in [-0.39, 0.29) is 6.17 Å². The number of anilines is 1. The number of hydrogen-bond donors (Lipinski definition) is 1. The van der Waals surface area contributed by atoms with Crippen LogP contribution in [0.15, 0.2) is 53.8 Å². The van der Waals surface area contributed by atoms with Gasteiger partial charge in [-0.25, -0.2) is 0 Å². The first-order valence-electron chi connectivity index (χ1n) is 7.88. The van der Waals surface area contributed by atoms with E-state index in [1.54, 1.807) is 12.4 Å². The first-order chi connectivity index (χ1) is 11.8. The Hall–Kier alpha value is -2.66. The van der Waals surface area contributed by atoms with Crippen LogP contribution in [0, 0.1) is 0 Å². The van der Waals surface area contributed by atoms with Crippen molar-refractivity contribution in [3.8, 4) is 0 Å². The number of amidine groups is 1. The van der Waals surface area contributed by atoms with Crippen molar-refractivity contribution in [3.05, 3.63) is 64.9 Å². The van der Waals surface area contributed by atoms with Crippen LogP contribution in [0.5, 0.6) is 0 Å². The summed E-state index contributed by atoms with van der Waals surface area (Å²) in [5.41, 5.74) is 5.01. The molecule has 1 N–H and O–H groups in total. The lowest BCUT2D eigenvalue weighted by molar-refractivity contribution is 0.372. The molecule has 0 aliphatic carbocycles. The van der Waals surface area contributed by atoms with E-state index in [1.165, 1.54) is 0 Å². The molecule has 0 fully saturated rings. The first-order valence-corrected chi connectivity index (χ1v) is 8.26. The Kier molecular flexibility index (Phi) is 2.97. The average molecular weight is 336 g/mol.